The third-order valence-electron chi connectivity index (χ3n) is 6.95. The van der Waals surface area contributed by atoms with Crippen molar-refractivity contribution in [2.75, 3.05) is 17.2 Å². The number of pyridine rings is 1. The molecule has 4 aromatic rings. The van der Waals surface area contributed by atoms with E-state index in [9.17, 15) is 9.18 Å². The number of nitrogens with two attached hydrogens (primary N) is 1. The smallest absolute Gasteiger partial charge is 0.263 e. The Labute approximate surface area is 174 Å². The van der Waals surface area contributed by atoms with E-state index in [1.807, 2.05) is 6.07 Å². The molecule has 1 unspecified atom stereocenters. The number of aromatic nitrogens is 5. The first-order chi connectivity index (χ1) is 15.1. The van der Waals surface area contributed by atoms with Gasteiger partial charge in [0.1, 0.15) is 24.5 Å². The Kier molecular flexibility index (Phi) is 2.98. The van der Waals surface area contributed by atoms with Crippen molar-refractivity contribution in [3.05, 3.63) is 70.6 Å². The quantitative estimate of drug-likeness (QED) is 0.529. The summed E-state index contributed by atoms with van der Waals surface area (Å²) in [5.41, 5.74) is 6.51. The first-order valence-electron chi connectivity index (χ1n) is 10.0. The first kappa shape index (κ1) is 16.9. The van der Waals surface area contributed by atoms with Gasteiger partial charge in [0.15, 0.2) is 11.5 Å². The molecular formula is C21H16FN7O2. The third-order valence-corrected chi connectivity index (χ3v) is 6.95. The average Bonchev–Trinajstić information content (AvgIpc) is 3.30. The molecule has 31 heavy (non-hydrogen) atoms. The molecule has 2 aliphatic carbocycles. The van der Waals surface area contributed by atoms with Gasteiger partial charge < -0.3 is 15.2 Å². The van der Waals surface area contributed by atoms with Crippen LogP contribution in [0.25, 0.3) is 11.0 Å². The molecule has 5 heterocycles. The van der Waals surface area contributed by atoms with Crippen LogP contribution in [0.1, 0.15) is 11.7 Å². The topological polar surface area (TPSA) is 116 Å². The minimum Gasteiger partial charge on any atom is -0.384 e. The summed E-state index contributed by atoms with van der Waals surface area (Å²) in [7, 11) is 0. The van der Waals surface area contributed by atoms with Gasteiger partial charge in [-0.15, -0.1) is 0 Å². The second-order valence-corrected chi connectivity index (χ2v) is 8.44. The lowest BCUT2D eigenvalue weighted by Crippen LogP contribution is -2.23. The van der Waals surface area contributed by atoms with Crippen LogP contribution in [0.3, 0.4) is 0 Å². The van der Waals surface area contributed by atoms with E-state index >= 15 is 0 Å². The molecule has 0 amide bonds. The number of piperidine rings is 1. The van der Waals surface area contributed by atoms with E-state index in [2.05, 4.69) is 25.0 Å². The molecule has 8 rings (SSSR count). The summed E-state index contributed by atoms with van der Waals surface area (Å²) >= 11 is 0. The maximum Gasteiger partial charge on any atom is 0.263 e. The van der Waals surface area contributed by atoms with Crippen molar-refractivity contribution >= 4 is 22.5 Å². The van der Waals surface area contributed by atoms with Crippen molar-refractivity contribution < 1.29 is 8.91 Å². The minimum absolute atomic E-state index is 0.0951. The van der Waals surface area contributed by atoms with Crippen LogP contribution in [0.5, 0.6) is 0 Å². The molecule has 2 saturated heterocycles. The highest BCUT2D eigenvalue weighted by Crippen LogP contribution is 2.85. The lowest BCUT2D eigenvalue weighted by molar-refractivity contribution is 0.362. The Hall–Kier alpha value is -3.82. The maximum absolute atomic E-state index is 13.6. The van der Waals surface area contributed by atoms with Gasteiger partial charge in [-0.25, -0.2) is 14.4 Å². The number of anilines is 2. The van der Waals surface area contributed by atoms with Gasteiger partial charge in [0.2, 0.25) is 5.89 Å². The molecule has 0 spiro atoms. The third kappa shape index (κ3) is 2.11. The highest BCUT2D eigenvalue weighted by atomic mass is 19.1. The van der Waals surface area contributed by atoms with E-state index in [-0.39, 0.29) is 29.4 Å². The Bertz CT molecular complexity index is 1440. The van der Waals surface area contributed by atoms with E-state index in [1.165, 1.54) is 17.0 Å². The second-order valence-electron chi connectivity index (χ2n) is 8.44. The summed E-state index contributed by atoms with van der Waals surface area (Å²) in [6.07, 6.45) is 1.41. The largest absolute Gasteiger partial charge is 0.384 e. The monoisotopic (exact) mass is 417 g/mol. The Morgan fingerprint density at radius 2 is 2.16 bits per heavy atom. The lowest BCUT2D eigenvalue weighted by Gasteiger charge is -2.18. The van der Waals surface area contributed by atoms with Crippen LogP contribution in [-0.2, 0) is 12.0 Å². The summed E-state index contributed by atoms with van der Waals surface area (Å²) in [5.74, 6) is 2.06. The zero-order chi connectivity index (χ0) is 20.9. The van der Waals surface area contributed by atoms with Crippen molar-refractivity contribution in [3.8, 4) is 0 Å². The van der Waals surface area contributed by atoms with Crippen LogP contribution >= 0.6 is 0 Å². The number of nitrogen functional groups attached to an aromatic ring is 1. The van der Waals surface area contributed by atoms with Crippen molar-refractivity contribution in [1.82, 2.24) is 24.7 Å². The average molecular weight is 417 g/mol. The molecule has 10 heteroatoms. The summed E-state index contributed by atoms with van der Waals surface area (Å²) < 4.78 is 20.5. The predicted octanol–water partition coefficient (Wildman–Crippen LogP) is 1.33. The molecule has 2 bridgehead atoms. The number of hydrogen-bond donors (Lipinski definition) is 1. The first-order valence-corrected chi connectivity index (χ1v) is 10.0. The van der Waals surface area contributed by atoms with Crippen molar-refractivity contribution in [3.63, 3.8) is 0 Å². The fourth-order valence-electron chi connectivity index (χ4n) is 5.47. The summed E-state index contributed by atoms with van der Waals surface area (Å²) in [4.78, 5) is 27.8. The Morgan fingerprint density at radius 3 is 3.00 bits per heavy atom. The summed E-state index contributed by atoms with van der Waals surface area (Å²) in [6.45, 7) is 0.996. The molecule has 4 aliphatic rings. The van der Waals surface area contributed by atoms with Crippen molar-refractivity contribution in [1.29, 1.82) is 0 Å². The lowest BCUT2D eigenvalue weighted by atomic mass is 10.1. The van der Waals surface area contributed by atoms with E-state index in [0.29, 0.717) is 40.4 Å². The summed E-state index contributed by atoms with van der Waals surface area (Å²) in [5, 5.41) is 4.60. The molecule has 2 N–H and O–H groups in total. The summed E-state index contributed by atoms with van der Waals surface area (Å²) in [6, 6.07) is 10.1. The second kappa shape index (κ2) is 5.45. The van der Waals surface area contributed by atoms with E-state index < -0.39 is 0 Å². The van der Waals surface area contributed by atoms with Crippen LogP contribution in [-0.4, -0.2) is 37.3 Å². The fourth-order valence-corrected chi connectivity index (χ4v) is 5.47. The van der Waals surface area contributed by atoms with Crippen LogP contribution in [0.4, 0.5) is 15.9 Å². The van der Waals surface area contributed by atoms with Crippen LogP contribution in [0, 0.1) is 17.7 Å². The van der Waals surface area contributed by atoms with Gasteiger partial charge in [0.25, 0.3) is 5.56 Å². The maximum atomic E-state index is 13.6. The van der Waals surface area contributed by atoms with Crippen molar-refractivity contribution in [2.45, 2.75) is 18.0 Å². The van der Waals surface area contributed by atoms with Gasteiger partial charge in [-0.1, -0.05) is 11.2 Å². The predicted molar refractivity (Wildman–Crippen MR) is 108 cm³/mol. The standard InChI is InChI=1S/C21H16FN7O2/c22-10-2-1-3-11(6-10)29-7-13-16-17(29)21(13,16)20-26-15(31-27-20)8-28-9-24-18-12(19(28)30)4-5-14(23)25-18/h1-6,9,13,16-17H,7-8H2,(H2,23,25)/t13-,16-,17?,21-/m1/s1. The van der Waals surface area contributed by atoms with Gasteiger partial charge in [0, 0.05) is 24.2 Å². The van der Waals surface area contributed by atoms with Gasteiger partial charge in [-0.05, 0) is 36.2 Å². The minimum atomic E-state index is -0.247. The highest BCUT2D eigenvalue weighted by Gasteiger charge is 2.95. The number of fused-ring (bicyclic) bond motifs is 2. The van der Waals surface area contributed by atoms with Crippen LogP contribution in [0.2, 0.25) is 0 Å². The van der Waals surface area contributed by atoms with Gasteiger partial charge >= 0.3 is 0 Å². The van der Waals surface area contributed by atoms with Gasteiger partial charge in [0.05, 0.1) is 10.8 Å². The molecule has 4 fully saturated rings. The van der Waals surface area contributed by atoms with Crippen molar-refractivity contribution in [2.24, 2.45) is 11.8 Å². The molecule has 4 atom stereocenters. The fraction of sp³-hybridized carbons (Fsp3) is 0.286. The number of benzene rings is 1. The molecule has 3 aromatic heterocycles. The zero-order valence-electron chi connectivity index (χ0n) is 16.1. The normalized spacial score (nSPS) is 27.5. The number of rotatable bonds is 4. The molecule has 0 radical (unpaired) electrons. The number of nitrogens with zero attached hydrogens (tertiary/aromatic N) is 6. The molecule has 1 aromatic carbocycles. The van der Waals surface area contributed by atoms with Gasteiger partial charge in [-0.2, -0.15) is 4.98 Å². The Balaban J connectivity index is 1.15. The zero-order valence-corrected chi connectivity index (χ0v) is 16.1. The SMILES string of the molecule is Nc1ccc2c(=O)n(Cc3nc([C@@]45C6[C@H]4[C@H]5CN6c4cccc(F)c4)no3)cnc2n1. The molecule has 9 nitrogen and oxygen atoms in total. The number of hydrogen-bond acceptors (Lipinski definition) is 8. The van der Waals surface area contributed by atoms with E-state index in [1.54, 1.807) is 24.3 Å². The molecule has 2 saturated carbocycles. The highest BCUT2D eigenvalue weighted by molar-refractivity contribution is 5.74. The van der Waals surface area contributed by atoms with Crippen LogP contribution in [0.15, 0.2) is 52.0 Å². The van der Waals surface area contributed by atoms with Gasteiger partial charge in [-0.3, -0.25) is 9.36 Å². The van der Waals surface area contributed by atoms with E-state index in [0.717, 1.165) is 12.2 Å². The molecular weight excluding hydrogens is 401 g/mol. The Morgan fingerprint density at radius 1 is 1.26 bits per heavy atom. The molecule has 2 aliphatic heterocycles. The van der Waals surface area contributed by atoms with E-state index in [4.69, 9.17) is 10.3 Å². The number of halogens is 1. The molecule has 154 valence electrons. The van der Waals surface area contributed by atoms with Crippen LogP contribution < -0.4 is 16.2 Å².